The van der Waals surface area contributed by atoms with Crippen molar-refractivity contribution in [2.75, 3.05) is 0 Å². The van der Waals surface area contributed by atoms with E-state index in [4.69, 9.17) is 5.73 Å². The predicted octanol–water partition coefficient (Wildman–Crippen LogP) is 2.31. The van der Waals surface area contributed by atoms with Gasteiger partial charge in [0.25, 0.3) is 0 Å². The molecule has 0 radical (unpaired) electrons. The second-order valence-electron chi connectivity index (χ2n) is 2.61. The van der Waals surface area contributed by atoms with E-state index in [0.29, 0.717) is 0 Å². The second kappa shape index (κ2) is 3.24. The van der Waals surface area contributed by atoms with Crippen LogP contribution in [0.2, 0.25) is 0 Å². The van der Waals surface area contributed by atoms with Crippen LogP contribution in [0.4, 0.5) is 0 Å². The van der Waals surface area contributed by atoms with Gasteiger partial charge in [-0.1, -0.05) is 35.9 Å². The number of allylic oxidation sites excluding steroid dienone is 1. The average molecular weight is 147 g/mol. The van der Waals surface area contributed by atoms with Gasteiger partial charge in [0.2, 0.25) is 0 Å². The molecule has 1 heteroatoms. The third-order valence-corrected chi connectivity index (χ3v) is 1.70. The van der Waals surface area contributed by atoms with Crippen molar-refractivity contribution in [3.05, 3.63) is 41.5 Å². The summed E-state index contributed by atoms with van der Waals surface area (Å²) in [6.45, 7) is 4.00. The minimum atomic E-state index is 0.838. The van der Waals surface area contributed by atoms with Gasteiger partial charge in [-0.15, -0.1) is 0 Å². The largest absolute Gasteiger partial charge is 0.399 e. The Hall–Kier alpha value is -1.24. The normalized spacial score (nSPS) is 11.6. The molecule has 1 aromatic rings. The maximum Gasteiger partial charge on any atom is 0.0344 e. The lowest BCUT2D eigenvalue weighted by Crippen LogP contribution is -1.94. The van der Waals surface area contributed by atoms with E-state index >= 15 is 0 Å². The molecule has 0 aromatic heterocycles. The summed E-state index contributed by atoms with van der Waals surface area (Å²) in [6, 6.07) is 8.19. The first-order chi connectivity index (χ1) is 5.24. The summed E-state index contributed by atoms with van der Waals surface area (Å²) in [4.78, 5) is 0. The zero-order valence-corrected chi connectivity index (χ0v) is 6.96. The van der Waals surface area contributed by atoms with Crippen LogP contribution in [-0.2, 0) is 0 Å². The Morgan fingerprint density at radius 1 is 1.27 bits per heavy atom. The van der Waals surface area contributed by atoms with Gasteiger partial charge in [-0.3, -0.25) is 0 Å². The molecule has 0 fully saturated rings. The van der Waals surface area contributed by atoms with Crippen LogP contribution < -0.4 is 5.73 Å². The number of nitrogens with two attached hydrogens (primary N) is 1. The van der Waals surface area contributed by atoms with Crippen LogP contribution in [0.5, 0.6) is 0 Å². The quantitative estimate of drug-likeness (QED) is 0.648. The number of hydrogen-bond donors (Lipinski definition) is 1. The molecule has 0 saturated carbocycles. The summed E-state index contributed by atoms with van der Waals surface area (Å²) in [6.07, 6.45) is 1.91. The maximum absolute atomic E-state index is 5.71. The molecule has 0 spiro atoms. The standard InChI is InChI=1S/C10H13N/c1-3-10(11)9-6-4-8(2)5-7-9/h3-7H,11H2,1-2H3/b10-3+. The SMILES string of the molecule is C/C=C(/N)c1ccc(C)cc1. The molecule has 0 aliphatic heterocycles. The molecule has 1 aromatic carbocycles. The molecule has 0 amide bonds. The molecule has 0 bridgehead atoms. The minimum absolute atomic E-state index is 0.838. The van der Waals surface area contributed by atoms with Gasteiger partial charge in [-0.2, -0.15) is 0 Å². The van der Waals surface area contributed by atoms with E-state index in [0.717, 1.165) is 11.3 Å². The molecule has 0 atom stereocenters. The van der Waals surface area contributed by atoms with Gasteiger partial charge in [0, 0.05) is 5.70 Å². The lowest BCUT2D eigenvalue weighted by Gasteiger charge is -1.99. The van der Waals surface area contributed by atoms with Crippen LogP contribution in [0.25, 0.3) is 5.70 Å². The zero-order valence-electron chi connectivity index (χ0n) is 6.96. The van der Waals surface area contributed by atoms with Crippen molar-refractivity contribution >= 4 is 5.70 Å². The Bertz CT molecular complexity index is 257. The molecule has 0 aliphatic rings. The molecule has 0 heterocycles. The molecule has 1 nitrogen and oxygen atoms in total. The van der Waals surface area contributed by atoms with Crippen molar-refractivity contribution in [2.24, 2.45) is 5.73 Å². The van der Waals surface area contributed by atoms with Gasteiger partial charge in [-0.05, 0) is 19.4 Å². The fourth-order valence-corrected chi connectivity index (χ4v) is 0.913. The zero-order chi connectivity index (χ0) is 8.27. The first-order valence-corrected chi connectivity index (χ1v) is 3.73. The highest BCUT2D eigenvalue weighted by Crippen LogP contribution is 2.09. The average Bonchev–Trinajstić information content (AvgIpc) is 2.05. The van der Waals surface area contributed by atoms with Crippen molar-refractivity contribution in [3.8, 4) is 0 Å². The first kappa shape index (κ1) is 7.86. The van der Waals surface area contributed by atoms with Crippen LogP contribution in [0.15, 0.2) is 30.3 Å². The molecule has 0 aliphatic carbocycles. The Kier molecular flexibility index (Phi) is 2.32. The smallest absolute Gasteiger partial charge is 0.0344 e. The Morgan fingerprint density at radius 2 is 1.82 bits per heavy atom. The third-order valence-electron chi connectivity index (χ3n) is 1.70. The Morgan fingerprint density at radius 3 is 2.27 bits per heavy atom. The van der Waals surface area contributed by atoms with Crippen molar-refractivity contribution in [2.45, 2.75) is 13.8 Å². The van der Waals surface area contributed by atoms with Crippen molar-refractivity contribution in [3.63, 3.8) is 0 Å². The molecule has 58 valence electrons. The lowest BCUT2D eigenvalue weighted by molar-refractivity contribution is 1.42. The summed E-state index contributed by atoms with van der Waals surface area (Å²) in [5.41, 5.74) is 8.90. The van der Waals surface area contributed by atoms with E-state index in [9.17, 15) is 0 Å². The van der Waals surface area contributed by atoms with Crippen LogP contribution in [0.1, 0.15) is 18.1 Å². The number of hydrogen-bond acceptors (Lipinski definition) is 1. The van der Waals surface area contributed by atoms with E-state index in [1.807, 2.05) is 25.1 Å². The van der Waals surface area contributed by atoms with E-state index in [2.05, 4.69) is 19.1 Å². The van der Waals surface area contributed by atoms with Gasteiger partial charge >= 0.3 is 0 Å². The summed E-state index contributed by atoms with van der Waals surface area (Å²) in [5, 5.41) is 0. The number of benzene rings is 1. The van der Waals surface area contributed by atoms with Gasteiger partial charge < -0.3 is 5.73 Å². The first-order valence-electron chi connectivity index (χ1n) is 3.73. The van der Waals surface area contributed by atoms with Crippen molar-refractivity contribution in [1.29, 1.82) is 0 Å². The van der Waals surface area contributed by atoms with Gasteiger partial charge in [0.05, 0.1) is 0 Å². The monoisotopic (exact) mass is 147 g/mol. The number of aryl methyl sites for hydroxylation is 1. The predicted molar refractivity (Wildman–Crippen MR) is 49.0 cm³/mol. The highest BCUT2D eigenvalue weighted by molar-refractivity contribution is 5.62. The summed E-state index contributed by atoms with van der Waals surface area (Å²) < 4.78 is 0. The second-order valence-corrected chi connectivity index (χ2v) is 2.61. The fraction of sp³-hybridized carbons (Fsp3) is 0.200. The lowest BCUT2D eigenvalue weighted by atomic mass is 10.1. The molecular formula is C10H13N. The summed E-state index contributed by atoms with van der Waals surface area (Å²) in [7, 11) is 0. The highest BCUT2D eigenvalue weighted by atomic mass is 14.6. The minimum Gasteiger partial charge on any atom is -0.399 e. The van der Waals surface area contributed by atoms with Crippen LogP contribution in [0.3, 0.4) is 0 Å². The molecule has 11 heavy (non-hydrogen) atoms. The van der Waals surface area contributed by atoms with E-state index < -0.39 is 0 Å². The Labute approximate surface area is 67.5 Å². The summed E-state index contributed by atoms with van der Waals surface area (Å²) in [5.74, 6) is 0. The molecule has 0 saturated heterocycles. The van der Waals surface area contributed by atoms with Crippen molar-refractivity contribution in [1.82, 2.24) is 0 Å². The van der Waals surface area contributed by atoms with E-state index in [1.165, 1.54) is 5.56 Å². The number of rotatable bonds is 1. The maximum atomic E-state index is 5.71. The van der Waals surface area contributed by atoms with Gasteiger partial charge in [-0.25, -0.2) is 0 Å². The molecular weight excluding hydrogens is 134 g/mol. The summed E-state index contributed by atoms with van der Waals surface area (Å²) >= 11 is 0. The fourth-order valence-electron chi connectivity index (χ4n) is 0.913. The highest BCUT2D eigenvalue weighted by Gasteiger charge is 1.92. The molecule has 1 rings (SSSR count). The van der Waals surface area contributed by atoms with Crippen molar-refractivity contribution < 1.29 is 0 Å². The third kappa shape index (κ3) is 1.84. The van der Waals surface area contributed by atoms with Crippen LogP contribution in [-0.4, -0.2) is 0 Å². The van der Waals surface area contributed by atoms with E-state index in [1.54, 1.807) is 0 Å². The van der Waals surface area contributed by atoms with Crippen LogP contribution >= 0.6 is 0 Å². The topological polar surface area (TPSA) is 26.0 Å². The van der Waals surface area contributed by atoms with Crippen LogP contribution in [0, 0.1) is 6.92 Å². The molecule has 2 N–H and O–H groups in total. The van der Waals surface area contributed by atoms with Gasteiger partial charge in [0.1, 0.15) is 0 Å². The van der Waals surface area contributed by atoms with E-state index in [-0.39, 0.29) is 0 Å². The Balaban J connectivity index is 2.99. The molecule has 0 unspecified atom stereocenters. The van der Waals surface area contributed by atoms with Gasteiger partial charge in [0.15, 0.2) is 0 Å².